The summed E-state index contributed by atoms with van der Waals surface area (Å²) in [6.07, 6.45) is 1.15. The number of amides is 1. The van der Waals surface area contributed by atoms with E-state index in [2.05, 4.69) is 16.0 Å². The zero-order chi connectivity index (χ0) is 17.4. The van der Waals surface area contributed by atoms with Gasteiger partial charge in [0.1, 0.15) is 11.5 Å². The molecule has 0 unspecified atom stereocenters. The van der Waals surface area contributed by atoms with Crippen LogP contribution in [-0.4, -0.2) is 19.2 Å². The van der Waals surface area contributed by atoms with Gasteiger partial charge in [0.25, 0.3) is 5.91 Å². The van der Waals surface area contributed by atoms with Gasteiger partial charge in [-0.05, 0) is 49.6 Å². The third kappa shape index (κ3) is 5.79. The minimum atomic E-state index is -0.284. The number of carbonyl (C=O) groups excluding carboxylic acids is 1. The predicted molar refractivity (Wildman–Crippen MR) is 95.4 cm³/mol. The first-order valence-electron chi connectivity index (χ1n) is 7.25. The summed E-state index contributed by atoms with van der Waals surface area (Å²) in [7, 11) is 1.66. The van der Waals surface area contributed by atoms with Crippen LogP contribution in [0.3, 0.4) is 0 Å². The van der Waals surface area contributed by atoms with E-state index in [4.69, 9.17) is 17.0 Å². The van der Waals surface area contributed by atoms with Crippen molar-refractivity contribution in [3.63, 3.8) is 0 Å². The third-order valence-corrected chi connectivity index (χ3v) is 3.46. The fourth-order valence-electron chi connectivity index (χ4n) is 1.88. The van der Waals surface area contributed by atoms with Gasteiger partial charge in [0.05, 0.1) is 0 Å². The quantitative estimate of drug-likeness (QED) is 0.457. The maximum absolute atomic E-state index is 12.3. The fourth-order valence-corrected chi connectivity index (χ4v) is 2.00. The highest BCUT2D eigenvalue weighted by Crippen LogP contribution is 2.10. The van der Waals surface area contributed by atoms with Gasteiger partial charge in [0, 0.05) is 24.8 Å². The number of halogens is 1. The van der Waals surface area contributed by atoms with Gasteiger partial charge in [0.2, 0.25) is 0 Å². The molecular weight excluding hydrogens is 312 g/mol. The van der Waals surface area contributed by atoms with Crippen molar-refractivity contribution in [2.24, 2.45) is 0 Å². The molecule has 0 spiro atoms. The lowest BCUT2D eigenvalue weighted by atomic mass is 10.2. The summed E-state index contributed by atoms with van der Waals surface area (Å²) < 4.78 is 0. The van der Waals surface area contributed by atoms with Crippen molar-refractivity contribution < 1.29 is 4.79 Å². The van der Waals surface area contributed by atoms with Crippen molar-refractivity contribution >= 4 is 23.7 Å². The largest absolute Gasteiger partial charge is 0.383 e. The number of carbonyl (C=O) groups is 1. The summed E-state index contributed by atoms with van der Waals surface area (Å²) in [6.45, 7) is 6.11. The summed E-state index contributed by atoms with van der Waals surface area (Å²) in [5, 5.41) is 16.9. The Morgan fingerprint density at radius 1 is 1.22 bits per heavy atom. The van der Waals surface area contributed by atoms with E-state index in [0.29, 0.717) is 28.7 Å². The van der Waals surface area contributed by atoms with Crippen molar-refractivity contribution in [2.45, 2.75) is 27.3 Å². The molecule has 1 rings (SSSR count). The van der Waals surface area contributed by atoms with Crippen LogP contribution in [0.4, 0.5) is 0 Å². The first-order chi connectivity index (χ1) is 10.9. The Balaban J connectivity index is 2.81. The number of rotatable bonds is 7. The van der Waals surface area contributed by atoms with Gasteiger partial charge in [-0.15, -0.1) is 0 Å². The zero-order valence-corrected chi connectivity index (χ0v) is 14.6. The minimum Gasteiger partial charge on any atom is -0.383 e. The van der Waals surface area contributed by atoms with Crippen LogP contribution in [0.2, 0.25) is 5.02 Å². The summed E-state index contributed by atoms with van der Waals surface area (Å²) in [6, 6.07) is 7.51. The van der Waals surface area contributed by atoms with Crippen molar-refractivity contribution in [1.29, 1.82) is 5.41 Å². The van der Waals surface area contributed by atoms with Crippen molar-refractivity contribution in [3.05, 3.63) is 57.5 Å². The number of nitrogens with one attached hydrogen (secondary N) is 4. The van der Waals surface area contributed by atoms with E-state index >= 15 is 0 Å². The molecule has 0 saturated carbocycles. The fraction of sp³-hybridized carbons (Fsp3) is 0.294. The Morgan fingerprint density at radius 3 is 2.30 bits per heavy atom. The number of benzene rings is 1. The number of hydrogen-bond acceptors (Lipinski definition) is 4. The molecule has 23 heavy (non-hydrogen) atoms. The Hall–Kier alpha value is -2.27. The van der Waals surface area contributed by atoms with Gasteiger partial charge < -0.3 is 21.4 Å². The second-order valence-electron chi connectivity index (χ2n) is 5.26. The van der Waals surface area contributed by atoms with Crippen LogP contribution in [0.25, 0.3) is 0 Å². The molecule has 4 N–H and O–H groups in total. The lowest BCUT2D eigenvalue weighted by Gasteiger charge is -2.16. The van der Waals surface area contributed by atoms with E-state index in [0.717, 1.165) is 17.4 Å². The van der Waals surface area contributed by atoms with Crippen molar-refractivity contribution in [2.75, 3.05) is 7.05 Å². The van der Waals surface area contributed by atoms with Gasteiger partial charge in [-0.3, -0.25) is 4.79 Å². The van der Waals surface area contributed by atoms with Crippen molar-refractivity contribution in [3.8, 4) is 0 Å². The Morgan fingerprint density at radius 2 is 1.83 bits per heavy atom. The summed E-state index contributed by atoms with van der Waals surface area (Å²) in [5.41, 5.74) is 2.94. The highest BCUT2D eigenvalue weighted by atomic mass is 35.5. The number of hydrogen-bond donors (Lipinski definition) is 4. The Labute approximate surface area is 142 Å². The Kier molecular flexibility index (Phi) is 7.35. The molecule has 0 heterocycles. The van der Waals surface area contributed by atoms with Crippen LogP contribution in [0.5, 0.6) is 0 Å². The second kappa shape index (κ2) is 9.00. The third-order valence-electron chi connectivity index (χ3n) is 3.21. The van der Waals surface area contributed by atoms with E-state index in [1.54, 1.807) is 14.0 Å². The minimum absolute atomic E-state index is 0.284. The SMILES string of the molecule is CN/C(C(=O)NC(NCc1ccc(Cl)cc1)=C(C)C)=C(/C)C=N. The normalized spacial score (nSPS) is 11.2. The highest BCUT2D eigenvalue weighted by molar-refractivity contribution is 6.30. The molecule has 124 valence electrons. The van der Waals surface area contributed by atoms with Crippen LogP contribution < -0.4 is 16.0 Å². The topological polar surface area (TPSA) is 77.0 Å². The molecule has 6 heteroatoms. The van der Waals surface area contributed by atoms with Gasteiger partial charge in [-0.1, -0.05) is 23.7 Å². The molecule has 0 aliphatic rings. The molecule has 0 aliphatic carbocycles. The molecule has 5 nitrogen and oxygen atoms in total. The van der Waals surface area contributed by atoms with Gasteiger partial charge in [-0.25, -0.2) is 0 Å². The maximum atomic E-state index is 12.3. The van der Waals surface area contributed by atoms with Crippen LogP contribution >= 0.6 is 11.6 Å². The molecular formula is C17H23ClN4O. The number of allylic oxidation sites excluding steroid dienone is 2. The van der Waals surface area contributed by atoms with Gasteiger partial charge in [0.15, 0.2) is 0 Å². The Bertz CT molecular complexity index is 628. The second-order valence-corrected chi connectivity index (χ2v) is 5.70. The summed E-state index contributed by atoms with van der Waals surface area (Å²) >= 11 is 5.87. The van der Waals surface area contributed by atoms with Gasteiger partial charge >= 0.3 is 0 Å². The van der Waals surface area contributed by atoms with E-state index in [-0.39, 0.29) is 5.91 Å². The summed E-state index contributed by atoms with van der Waals surface area (Å²) in [5.74, 6) is 0.365. The molecule has 0 saturated heterocycles. The first-order valence-corrected chi connectivity index (χ1v) is 7.63. The first kappa shape index (κ1) is 18.8. The zero-order valence-electron chi connectivity index (χ0n) is 13.9. The summed E-state index contributed by atoms with van der Waals surface area (Å²) in [4.78, 5) is 12.3. The molecule has 1 amide bonds. The molecule has 0 bridgehead atoms. The van der Waals surface area contributed by atoms with Crippen molar-refractivity contribution in [1.82, 2.24) is 16.0 Å². The van der Waals surface area contributed by atoms with Crippen LogP contribution in [0, 0.1) is 5.41 Å². The maximum Gasteiger partial charge on any atom is 0.273 e. The molecule has 0 radical (unpaired) electrons. The van der Waals surface area contributed by atoms with E-state index < -0.39 is 0 Å². The molecule has 0 aliphatic heterocycles. The standard InChI is InChI=1S/C17H23ClN4O/c1-11(2)16(21-10-13-5-7-14(18)8-6-13)22-17(23)15(20-4)12(3)9-19/h5-9,19-21H,10H2,1-4H3,(H,22,23)/b15-12-,19-9?. The lowest BCUT2D eigenvalue weighted by Crippen LogP contribution is -2.36. The average Bonchev–Trinajstić information content (AvgIpc) is 2.53. The monoisotopic (exact) mass is 334 g/mol. The molecule has 0 fully saturated rings. The average molecular weight is 335 g/mol. The van der Waals surface area contributed by atoms with Crippen LogP contribution in [0.15, 0.2) is 46.9 Å². The smallest absolute Gasteiger partial charge is 0.273 e. The van der Waals surface area contributed by atoms with E-state index in [1.807, 2.05) is 38.1 Å². The number of likely N-dealkylation sites (N-methyl/N-ethyl adjacent to an activating group) is 1. The van der Waals surface area contributed by atoms with E-state index in [9.17, 15) is 4.79 Å². The molecule has 1 aromatic rings. The highest BCUT2D eigenvalue weighted by Gasteiger charge is 2.12. The predicted octanol–water partition coefficient (Wildman–Crippen LogP) is 2.94. The molecule has 0 atom stereocenters. The van der Waals surface area contributed by atoms with Crippen LogP contribution in [0.1, 0.15) is 26.3 Å². The van der Waals surface area contributed by atoms with Crippen LogP contribution in [-0.2, 0) is 11.3 Å². The molecule has 0 aromatic heterocycles. The lowest BCUT2D eigenvalue weighted by molar-refractivity contribution is -0.117. The van der Waals surface area contributed by atoms with E-state index in [1.165, 1.54) is 0 Å². The van der Waals surface area contributed by atoms with Gasteiger partial charge in [-0.2, -0.15) is 0 Å². The molecule has 1 aromatic carbocycles.